The molecule has 0 spiro atoms. The van der Waals surface area contributed by atoms with E-state index < -0.39 is 23.0 Å². The summed E-state index contributed by atoms with van der Waals surface area (Å²) in [4.78, 5) is 10.2. The Hall–Kier alpha value is -2.88. The van der Waals surface area contributed by atoms with Crippen molar-refractivity contribution in [2.45, 2.75) is 92.1 Å². The van der Waals surface area contributed by atoms with Crippen LogP contribution < -0.4 is 9.47 Å². The normalized spacial score (nSPS) is 12.7. The number of ether oxygens (including phenoxy) is 2. The number of rotatable bonds is 10. The van der Waals surface area contributed by atoms with Gasteiger partial charge in [0, 0.05) is 5.56 Å². The molecule has 0 radical (unpaired) electrons. The Morgan fingerprint density at radius 2 is 1.38 bits per heavy atom. The third-order valence-corrected chi connectivity index (χ3v) is 6.36. The number of oxime groups is 1. The maximum absolute atomic E-state index is 13.2. The van der Waals surface area contributed by atoms with E-state index in [1.165, 1.54) is 69.2 Å². The number of benzene rings is 2. The Morgan fingerprint density at radius 3 is 1.73 bits per heavy atom. The molecule has 2 aromatic rings. The number of hydrogen-bond donors (Lipinski definition) is 0. The van der Waals surface area contributed by atoms with Crippen LogP contribution in [0.2, 0.25) is 0 Å². The average Bonchev–Trinajstić information content (AvgIpc) is 2.88. The highest BCUT2D eigenvalue weighted by atomic mass is 32.2. The summed E-state index contributed by atoms with van der Waals surface area (Å²) in [6.45, 7) is 18.5. The molecule has 0 N–H and O–H groups in total. The SMILES string of the molecule is CCC(C)(C)CC(C)(C)C.CCCC.COc1ccc(/C(=N/OS(=O)c2ccc(OC=O)cc2)C(F)(F)F)cc1. The molecule has 0 heterocycles. The molecule has 0 saturated carbocycles. The van der Waals surface area contributed by atoms with Gasteiger partial charge < -0.3 is 9.47 Å². The van der Waals surface area contributed by atoms with Gasteiger partial charge in [0.05, 0.1) is 12.0 Å². The minimum atomic E-state index is -4.82. The van der Waals surface area contributed by atoms with Gasteiger partial charge in [-0.05, 0) is 65.8 Å². The smallest absolute Gasteiger partial charge is 0.437 e. The van der Waals surface area contributed by atoms with Crippen molar-refractivity contribution in [1.82, 2.24) is 0 Å². The molecule has 0 aliphatic rings. The Labute approximate surface area is 240 Å². The maximum atomic E-state index is 13.2. The predicted octanol–water partition coefficient (Wildman–Crippen LogP) is 8.90. The molecule has 0 amide bonds. The predicted molar refractivity (Wildman–Crippen MR) is 155 cm³/mol. The van der Waals surface area contributed by atoms with Crippen LogP contribution in [0.25, 0.3) is 0 Å². The molecule has 40 heavy (non-hydrogen) atoms. The van der Waals surface area contributed by atoms with Gasteiger partial charge >= 0.3 is 6.18 Å². The summed E-state index contributed by atoms with van der Waals surface area (Å²) in [5.41, 5.74) is -0.600. The lowest BCUT2D eigenvalue weighted by atomic mass is 9.75. The van der Waals surface area contributed by atoms with Crippen molar-refractivity contribution in [3.05, 3.63) is 54.1 Å². The third kappa shape index (κ3) is 15.6. The molecule has 10 heteroatoms. The van der Waals surface area contributed by atoms with Gasteiger partial charge in [-0.2, -0.15) is 13.2 Å². The third-order valence-electron chi connectivity index (χ3n) is 5.49. The van der Waals surface area contributed by atoms with Crippen LogP contribution in [0.5, 0.6) is 11.5 Å². The van der Waals surface area contributed by atoms with Crippen LogP contribution >= 0.6 is 0 Å². The van der Waals surface area contributed by atoms with Crippen molar-refractivity contribution < 1.29 is 35.9 Å². The highest BCUT2D eigenvalue weighted by Gasteiger charge is 2.38. The molecule has 6 nitrogen and oxygen atoms in total. The molecule has 0 aromatic heterocycles. The lowest BCUT2D eigenvalue weighted by Crippen LogP contribution is -2.24. The highest BCUT2D eigenvalue weighted by molar-refractivity contribution is 7.80. The van der Waals surface area contributed by atoms with E-state index in [0.717, 1.165) is 12.1 Å². The quantitative estimate of drug-likeness (QED) is 0.158. The summed E-state index contributed by atoms with van der Waals surface area (Å²) >= 11 is -2.29. The van der Waals surface area contributed by atoms with Crippen LogP contribution in [0.3, 0.4) is 0 Å². The molecule has 2 rings (SSSR count). The van der Waals surface area contributed by atoms with Gasteiger partial charge in [0.25, 0.3) is 17.6 Å². The first-order valence-corrected chi connectivity index (χ1v) is 14.2. The average molecular weight is 588 g/mol. The van der Waals surface area contributed by atoms with E-state index in [2.05, 4.69) is 69.6 Å². The number of methoxy groups -OCH3 is 1. The van der Waals surface area contributed by atoms with Crippen molar-refractivity contribution in [3.63, 3.8) is 0 Å². The van der Waals surface area contributed by atoms with Gasteiger partial charge in [0.1, 0.15) is 11.5 Å². The molecular formula is C30H44F3NO5S. The molecular weight excluding hydrogens is 543 g/mol. The summed E-state index contributed by atoms with van der Waals surface area (Å²) < 4.78 is 65.5. The van der Waals surface area contributed by atoms with Crippen molar-refractivity contribution in [2.75, 3.05) is 7.11 Å². The zero-order valence-corrected chi connectivity index (χ0v) is 25.9. The molecule has 0 aliphatic carbocycles. The molecule has 226 valence electrons. The Balaban J connectivity index is 0.000000902. The lowest BCUT2D eigenvalue weighted by Gasteiger charge is -2.31. The van der Waals surface area contributed by atoms with E-state index in [0.29, 0.717) is 16.6 Å². The van der Waals surface area contributed by atoms with Gasteiger partial charge in [-0.1, -0.05) is 79.8 Å². The molecule has 2 aromatic carbocycles. The van der Waals surface area contributed by atoms with Crippen LogP contribution in [0.15, 0.2) is 58.6 Å². The first kappa shape index (κ1) is 37.1. The number of carbonyl (C=O) groups is 1. The van der Waals surface area contributed by atoms with Gasteiger partial charge in [-0.3, -0.25) is 9.08 Å². The number of hydrogen-bond acceptors (Lipinski definition) is 6. The summed E-state index contributed by atoms with van der Waals surface area (Å²) in [5, 5.41) is 3.02. The van der Waals surface area contributed by atoms with E-state index in [1.54, 1.807) is 0 Å². The van der Waals surface area contributed by atoms with Crippen LogP contribution in [-0.4, -0.2) is 29.7 Å². The van der Waals surface area contributed by atoms with E-state index in [4.69, 9.17) is 4.74 Å². The molecule has 0 saturated heterocycles. The number of nitrogens with zero attached hydrogens (tertiary/aromatic N) is 1. The zero-order chi connectivity index (χ0) is 31.0. The van der Waals surface area contributed by atoms with Crippen molar-refractivity contribution in [2.24, 2.45) is 16.0 Å². The fourth-order valence-corrected chi connectivity index (χ4v) is 3.96. The van der Waals surface area contributed by atoms with Crippen LogP contribution in [0.4, 0.5) is 13.2 Å². The summed E-state index contributed by atoms with van der Waals surface area (Å²) in [6, 6.07) is 10.1. The van der Waals surface area contributed by atoms with E-state index in [1.807, 2.05) is 0 Å². The van der Waals surface area contributed by atoms with Crippen molar-refractivity contribution in [1.29, 1.82) is 0 Å². The van der Waals surface area contributed by atoms with Crippen LogP contribution in [0, 0.1) is 10.8 Å². The number of unbranched alkanes of at least 4 members (excludes halogenated alkanes) is 1. The van der Waals surface area contributed by atoms with Crippen LogP contribution in [-0.2, 0) is 20.2 Å². The molecule has 0 fully saturated rings. The van der Waals surface area contributed by atoms with E-state index in [9.17, 15) is 22.2 Å². The van der Waals surface area contributed by atoms with Gasteiger partial charge in [0.15, 0.2) is 5.71 Å². The Bertz CT molecular complexity index is 1040. The second kappa shape index (κ2) is 17.7. The number of halogens is 3. The topological polar surface area (TPSA) is 74.2 Å². The maximum Gasteiger partial charge on any atom is 0.437 e. The zero-order valence-electron chi connectivity index (χ0n) is 25.1. The fourth-order valence-electron chi connectivity index (χ4n) is 3.38. The second-order valence-electron chi connectivity index (χ2n) is 10.9. The Kier molecular flexibility index (Phi) is 16.5. The Morgan fingerprint density at radius 1 is 0.875 bits per heavy atom. The lowest BCUT2D eigenvalue weighted by molar-refractivity contribution is -0.120. The highest BCUT2D eigenvalue weighted by Crippen LogP contribution is 2.35. The molecule has 0 aliphatic heterocycles. The first-order valence-electron chi connectivity index (χ1n) is 13.1. The summed E-state index contributed by atoms with van der Waals surface area (Å²) in [6.07, 6.45) is 0.418. The first-order chi connectivity index (χ1) is 18.5. The monoisotopic (exact) mass is 587 g/mol. The van der Waals surface area contributed by atoms with E-state index >= 15 is 0 Å². The van der Waals surface area contributed by atoms with Gasteiger partial charge in [-0.25, -0.2) is 4.21 Å². The molecule has 1 atom stereocenters. The molecule has 1 unspecified atom stereocenters. The minimum Gasteiger partial charge on any atom is -0.497 e. The summed E-state index contributed by atoms with van der Waals surface area (Å²) in [5.74, 6) is 0.552. The van der Waals surface area contributed by atoms with Crippen LogP contribution in [0.1, 0.15) is 86.6 Å². The summed E-state index contributed by atoms with van der Waals surface area (Å²) in [7, 11) is 1.38. The van der Waals surface area contributed by atoms with Gasteiger partial charge in [-0.15, -0.1) is 0 Å². The minimum absolute atomic E-state index is 0.0447. The van der Waals surface area contributed by atoms with Crippen molar-refractivity contribution in [3.8, 4) is 11.5 Å². The van der Waals surface area contributed by atoms with E-state index in [-0.39, 0.29) is 22.7 Å². The number of carbonyl (C=O) groups excluding carboxylic acids is 1. The molecule has 0 bridgehead atoms. The number of alkyl halides is 3. The van der Waals surface area contributed by atoms with Gasteiger partial charge in [0.2, 0.25) is 0 Å². The standard InChI is InChI=1S/C16H12F3NO5S.C10H22.C4H10/c1-23-12-4-2-11(3-5-12)15(16(17,18)19)20-25-26(22)14-8-6-13(7-9-14)24-10-21;1-7-10(5,6)8-9(2,3)4;1-3-4-2/h2-10H,1H3;7-8H2,1-6H3;3-4H2,1-2H3/b20-15-;;. The fraction of sp³-hybridized carbons (Fsp3) is 0.533. The largest absolute Gasteiger partial charge is 0.497 e. The van der Waals surface area contributed by atoms with Crippen molar-refractivity contribution >= 4 is 23.3 Å². The second-order valence-corrected chi connectivity index (χ2v) is 12.0.